The van der Waals surface area contributed by atoms with Crippen molar-refractivity contribution in [2.45, 2.75) is 166 Å². The van der Waals surface area contributed by atoms with Crippen molar-refractivity contribution in [2.75, 3.05) is 37.8 Å². The Morgan fingerprint density at radius 2 is 1.59 bits per heavy atom. The predicted molar refractivity (Wildman–Crippen MR) is 264 cm³/mol. The molecule has 0 bridgehead atoms. The number of thioether (sulfide) groups is 1. The number of allylic oxidation sites excluding steroid dienone is 1. The Balaban J connectivity index is 1.03. The van der Waals surface area contributed by atoms with Crippen molar-refractivity contribution in [2.24, 2.45) is 5.41 Å². The highest BCUT2D eigenvalue weighted by Crippen LogP contribution is 2.61. The van der Waals surface area contributed by atoms with Crippen LogP contribution in [-0.2, 0) is 60.2 Å². The minimum absolute atomic E-state index is 0.0256. The van der Waals surface area contributed by atoms with Gasteiger partial charge >= 0.3 is 23.5 Å². The molecule has 0 spiro atoms. The second kappa shape index (κ2) is 29.8. The monoisotopic (exact) mass is 1140 g/mol. The summed E-state index contributed by atoms with van der Waals surface area (Å²) >= 11 is 1.04. The Kier molecular flexibility index (Phi) is 25.6. The maximum atomic E-state index is 12.8. The number of nitrogens with one attached hydrogen (secondary N) is 2. The molecule has 2 saturated heterocycles. The Bertz CT molecular complexity index is 2300. The molecule has 4 heterocycles. The van der Waals surface area contributed by atoms with Gasteiger partial charge < -0.3 is 70.6 Å². The molecule has 32 heteroatoms. The second-order valence-electron chi connectivity index (χ2n) is 18.6. The van der Waals surface area contributed by atoms with E-state index in [0.717, 1.165) is 93.2 Å². The van der Waals surface area contributed by atoms with E-state index in [2.05, 4.69) is 34.4 Å². The van der Waals surface area contributed by atoms with E-state index in [0.29, 0.717) is 5.75 Å². The van der Waals surface area contributed by atoms with Crippen LogP contribution >= 0.6 is 35.2 Å². The predicted octanol–water partition coefficient (Wildman–Crippen LogP) is 2.38. The summed E-state index contributed by atoms with van der Waals surface area (Å²) in [6.07, 6.45) is 4.29. The average molecular weight is 1140 g/mol. The third kappa shape index (κ3) is 21.5. The number of aromatic nitrogens is 4. The number of nitrogens with two attached hydrogens (primary N) is 1. The molecule has 0 aliphatic carbocycles. The van der Waals surface area contributed by atoms with Crippen molar-refractivity contribution in [1.29, 1.82) is 0 Å². The van der Waals surface area contributed by atoms with Crippen LogP contribution in [0.15, 0.2) is 24.8 Å². The maximum Gasteiger partial charge on any atom is 0.481 e. The molecule has 2 fully saturated rings. The number of hydrogen-bond acceptors (Lipinski definition) is 22. The van der Waals surface area contributed by atoms with Gasteiger partial charge in [0.15, 0.2) is 24.0 Å². The van der Waals surface area contributed by atoms with E-state index < -0.39 is 103 Å². The van der Waals surface area contributed by atoms with Crippen molar-refractivity contribution < 1.29 is 100 Å². The number of hydrogen-bond donors (Lipinski definition) is 11. The summed E-state index contributed by atoms with van der Waals surface area (Å²) in [6, 6.07) is 0. The molecule has 2 aromatic heterocycles. The molecule has 0 aromatic carbocycles. The van der Waals surface area contributed by atoms with Crippen molar-refractivity contribution in [3.8, 4) is 0 Å². The molecule has 28 nitrogen and oxygen atoms in total. The first-order valence-electron chi connectivity index (χ1n) is 24.1. The Labute approximate surface area is 432 Å². The van der Waals surface area contributed by atoms with Gasteiger partial charge in [0.1, 0.15) is 42.4 Å². The van der Waals surface area contributed by atoms with Crippen LogP contribution in [0.3, 0.4) is 0 Å². The van der Waals surface area contributed by atoms with Crippen LogP contribution in [0.5, 0.6) is 0 Å². The fourth-order valence-corrected chi connectivity index (χ4v) is 11.1. The van der Waals surface area contributed by atoms with E-state index in [1.807, 2.05) is 13.0 Å². The molecular formula is C42H72N7O21P3S. The van der Waals surface area contributed by atoms with E-state index in [9.17, 15) is 68.1 Å². The first kappa shape index (κ1) is 63.7. The highest BCUT2D eigenvalue weighted by atomic mass is 32.2. The number of amides is 2. The molecule has 2 unspecified atom stereocenters. The van der Waals surface area contributed by atoms with Crippen molar-refractivity contribution in [3.63, 3.8) is 0 Å². The lowest BCUT2D eigenvalue weighted by molar-refractivity contribution is -0.273. The average Bonchev–Trinajstić information content (AvgIpc) is 3.88. The summed E-state index contributed by atoms with van der Waals surface area (Å²) in [5.74, 6) is -1.17. The first-order chi connectivity index (χ1) is 34.7. The van der Waals surface area contributed by atoms with Crippen LogP contribution in [0.25, 0.3) is 11.2 Å². The number of anilines is 1. The fourth-order valence-electron chi connectivity index (χ4n) is 7.63. The number of phosphoric acid groups is 3. The van der Waals surface area contributed by atoms with Crippen molar-refractivity contribution in [1.82, 2.24) is 30.2 Å². The number of aliphatic hydroxyl groups is 4. The van der Waals surface area contributed by atoms with Gasteiger partial charge in [0, 0.05) is 37.1 Å². The summed E-state index contributed by atoms with van der Waals surface area (Å²) in [5.41, 5.74) is 4.25. The molecule has 2 aliphatic heterocycles. The fraction of sp³-hybridized carbons (Fsp3) is 0.762. The number of fused-ring (bicyclic) bond motifs is 1. The molecular weight excluding hydrogens is 1060 g/mol. The van der Waals surface area contributed by atoms with Gasteiger partial charge in [-0.2, -0.15) is 4.31 Å². The van der Waals surface area contributed by atoms with Crippen LogP contribution in [-0.4, -0.2) is 164 Å². The van der Waals surface area contributed by atoms with E-state index in [4.69, 9.17) is 29.0 Å². The summed E-state index contributed by atoms with van der Waals surface area (Å²) in [7, 11) is -16.5. The Hall–Kier alpha value is -2.86. The van der Waals surface area contributed by atoms with Gasteiger partial charge in [-0.25, -0.2) is 28.6 Å². The summed E-state index contributed by atoms with van der Waals surface area (Å²) in [4.78, 5) is 88.5. The Morgan fingerprint density at radius 1 is 0.932 bits per heavy atom. The first-order valence-corrected chi connectivity index (χ1v) is 29.6. The molecule has 2 aliphatic rings. The van der Waals surface area contributed by atoms with Crippen LogP contribution < -0.4 is 16.4 Å². The largest absolute Gasteiger partial charge is 0.481 e. The van der Waals surface area contributed by atoms with Crippen LogP contribution in [0, 0.1) is 5.41 Å². The lowest BCUT2D eigenvalue weighted by Crippen LogP contribution is -2.48. The van der Waals surface area contributed by atoms with Gasteiger partial charge in [0.05, 0.1) is 37.9 Å². The minimum Gasteiger partial charge on any atom is -0.390 e. The SMILES string of the molecule is C[C@H](CCCCCCCCCC/C=C/C(=O)SCCNC(=O)CCNC(=O)[C@H](O)C(C)(C)COP(=O)(O)OP(=O)(O)OC[C@H]1O[C@@H](n2cnc3c(N)ncnc32)[C@H](O)[C@@H]1OP(=O)(O)O)O[C@@H]1O[C@@H](C)[C@H](O)C[C@H]1O. The molecule has 0 saturated carbocycles. The lowest BCUT2D eigenvalue weighted by atomic mass is 9.87. The second-order valence-corrected chi connectivity index (χ2v) is 23.9. The van der Waals surface area contributed by atoms with E-state index in [1.54, 1.807) is 6.92 Å². The molecule has 74 heavy (non-hydrogen) atoms. The zero-order valence-corrected chi connectivity index (χ0v) is 45.1. The number of carbonyl (C=O) groups is 3. The Morgan fingerprint density at radius 3 is 2.28 bits per heavy atom. The third-order valence-corrected chi connectivity index (χ3v) is 15.7. The smallest absolute Gasteiger partial charge is 0.390 e. The number of nitrogen functional groups attached to an aromatic ring is 1. The number of nitrogens with zero attached hydrogens (tertiary/aromatic N) is 4. The van der Waals surface area contributed by atoms with Gasteiger partial charge in [-0.05, 0) is 39.2 Å². The molecule has 2 aromatic rings. The quantitative estimate of drug-likeness (QED) is 0.0278. The molecule has 12 atom stereocenters. The summed E-state index contributed by atoms with van der Waals surface area (Å²) in [6.45, 7) is 4.16. The normalized spacial score (nSPS) is 25.1. The van der Waals surface area contributed by atoms with Gasteiger partial charge in [-0.3, -0.25) is 32.5 Å². The van der Waals surface area contributed by atoms with E-state index in [-0.39, 0.29) is 60.2 Å². The zero-order valence-electron chi connectivity index (χ0n) is 41.6. The maximum absolute atomic E-state index is 12.8. The highest BCUT2D eigenvalue weighted by molar-refractivity contribution is 8.14. The number of unbranched alkanes of at least 4 members (excludes halogenated alkanes) is 8. The standard InChI is InChI=1S/C42H72N7O21P3S/c1-26(66-41-29(51)21-28(50)27(2)67-41)15-13-11-9-7-5-6-8-10-12-14-16-32(53)74-20-19-44-31(52)17-18-45-39(56)36(55)42(3,4)23-65-73(62,63)70-72(60,61)64-22-30-35(69-71(57,58)59)34(54)40(68-30)49-25-48-33-37(43)46-24-47-38(33)49/h14,16,24-30,34-36,40-41,50-51,54-55H,5-13,15,17-23H2,1-4H3,(H,44,52)(H,45,56)(H,60,61)(H,62,63)(H2,43,46,47)(H2,57,58,59)/b16-14+/t26-,27+,28-,29-,30-,34-,35-,36+,40-,41-/m1/s1. The van der Waals surface area contributed by atoms with E-state index >= 15 is 0 Å². The summed E-state index contributed by atoms with van der Waals surface area (Å²) in [5, 5.41) is 46.3. The van der Waals surface area contributed by atoms with E-state index in [1.165, 1.54) is 19.9 Å². The minimum atomic E-state index is -5.59. The van der Waals surface area contributed by atoms with Gasteiger partial charge in [-0.15, -0.1) is 0 Å². The van der Waals surface area contributed by atoms with Crippen LogP contribution in [0.4, 0.5) is 5.82 Å². The van der Waals surface area contributed by atoms with Crippen molar-refractivity contribution >= 4 is 69.1 Å². The summed E-state index contributed by atoms with van der Waals surface area (Å²) < 4.78 is 73.9. The number of aliphatic hydroxyl groups excluding tert-OH is 4. The van der Waals surface area contributed by atoms with Crippen molar-refractivity contribution in [3.05, 3.63) is 24.8 Å². The van der Waals surface area contributed by atoms with Gasteiger partial charge in [0.25, 0.3) is 0 Å². The molecule has 2 amide bonds. The number of imidazole rings is 1. The number of phosphoric ester groups is 3. The zero-order chi connectivity index (χ0) is 54.9. The number of carbonyl (C=O) groups excluding carboxylic acids is 3. The molecule has 4 rings (SSSR count). The highest BCUT2D eigenvalue weighted by Gasteiger charge is 2.50. The van der Waals surface area contributed by atoms with Gasteiger partial charge in [0.2, 0.25) is 16.9 Å². The lowest BCUT2D eigenvalue weighted by Gasteiger charge is -2.36. The number of ether oxygens (including phenoxy) is 3. The van der Waals surface area contributed by atoms with Crippen LogP contribution in [0.2, 0.25) is 0 Å². The molecule has 0 radical (unpaired) electrons. The van der Waals surface area contributed by atoms with Crippen LogP contribution in [0.1, 0.15) is 111 Å². The third-order valence-electron chi connectivity index (χ3n) is 11.8. The van der Waals surface area contributed by atoms with Gasteiger partial charge in [-0.1, -0.05) is 76.6 Å². The number of rotatable bonds is 33. The molecule has 422 valence electrons. The molecule has 12 N–H and O–H groups in total. The topological polar surface area (TPSA) is 423 Å².